The number of phenols is 2. The third-order valence-electron chi connectivity index (χ3n) is 32.2. The number of carbonyl (C=O) groups excluding carboxylic acids is 6. The van der Waals surface area contributed by atoms with Gasteiger partial charge in [0.1, 0.15) is 35.7 Å². The third-order valence-corrected chi connectivity index (χ3v) is 32.2. The van der Waals surface area contributed by atoms with Crippen molar-refractivity contribution in [3.8, 4) is 58.7 Å². The van der Waals surface area contributed by atoms with Crippen LogP contribution in [0.15, 0.2) is 122 Å². The number of aromatic hydroxyl groups is 2. The van der Waals surface area contributed by atoms with Crippen LogP contribution in [0.3, 0.4) is 0 Å². The summed E-state index contributed by atoms with van der Waals surface area (Å²) in [5.74, 6) is 4.32. The number of H-pyrrole nitrogens is 1. The number of phenolic OH excluding ortho intramolecular Hbond substituents is 2. The molecule has 0 bridgehead atoms. The van der Waals surface area contributed by atoms with Crippen molar-refractivity contribution in [2.24, 2.45) is 16.7 Å². The molecular weight excluding hydrogens is 1740 g/mol. The number of β-amino-alcohol motifs (C(OH)–C–C–N with tert-alkyl or cyclic N) is 1. The fourth-order valence-corrected chi connectivity index (χ4v) is 24.3. The highest BCUT2D eigenvalue weighted by Crippen LogP contribution is 2.55. The van der Waals surface area contributed by atoms with Crippen molar-refractivity contribution in [2.45, 2.75) is 242 Å². The number of benzene rings is 4. The number of urea groups is 1. The Morgan fingerprint density at radius 3 is 1.72 bits per heavy atom. The predicted octanol–water partition coefficient (Wildman–Crippen LogP) is 9.59. The number of aromatic amines is 1. The zero-order valence-corrected chi connectivity index (χ0v) is 80.5. The maximum atomic E-state index is 15.9. The summed E-state index contributed by atoms with van der Waals surface area (Å²) >= 11 is 0. The van der Waals surface area contributed by atoms with Crippen LogP contribution in [0, 0.1) is 41.4 Å². The lowest BCUT2D eigenvalue weighted by atomic mass is 9.56. The number of rotatable bonds is 22. The summed E-state index contributed by atoms with van der Waals surface area (Å²) in [7, 11) is 0. The summed E-state index contributed by atoms with van der Waals surface area (Å²) in [6.45, 7) is 24.5. The van der Waals surface area contributed by atoms with Gasteiger partial charge in [-0.3, -0.25) is 28.9 Å². The number of amides is 7. The van der Waals surface area contributed by atoms with Crippen LogP contribution in [-0.4, -0.2) is 304 Å². The number of nitrogens with zero attached hydrogens (tertiary/aromatic N) is 16. The van der Waals surface area contributed by atoms with Gasteiger partial charge in [-0.2, -0.15) is 0 Å². The van der Waals surface area contributed by atoms with Gasteiger partial charge in [-0.1, -0.05) is 81.1 Å². The van der Waals surface area contributed by atoms with Crippen molar-refractivity contribution in [3.05, 3.63) is 155 Å². The van der Waals surface area contributed by atoms with E-state index in [1.54, 1.807) is 61.2 Å². The summed E-state index contributed by atoms with van der Waals surface area (Å²) in [6, 6.07) is 30.1. The number of aliphatic hydroxyl groups excluding tert-OH is 1. The molecule has 8 atom stereocenters. The second kappa shape index (κ2) is 40.4. The van der Waals surface area contributed by atoms with Crippen LogP contribution in [0.4, 0.5) is 27.9 Å². The fraction of sp³-hybridized carbons (Fsp3) is 0.547. The van der Waals surface area contributed by atoms with Crippen molar-refractivity contribution < 1.29 is 48.8 Å². The minimum Gasteiger partial charge on any atom is -0.507 e. The Bertz CT molecular complexity index is 5810. The van der Waals surface area contributed by atoms with Gasteiger partial charge in [0.2, 0.25) is 35.5 Å². The van der Waals surface area contributed by atoms with E-state index in [9.17, 15) is 24.9 Å². The molecular formula is C106H134N22O10. The molecule has 1 unspecified atom stereocenters. The number of piperazine rings is 1. The molecule has 4 aromatic carbocycles. The number of para-hydroxylation sites is 2. The van der Waals surface area contributed by atoms with Crippen LogP contribution >= 0.6 is 0 Å². The average molecular weight is 1880 g/mol. The molecule has 2 aliphatic carbocycles. The lowest BCUT2D eigenvalue weighted by Crippen LogP contribution is -2.63. The van der Waals surface area contributed by atoms with Gasteiger partial charge < -0.3 is 95.7 Å². The molecule has 728 valence electrons. The van der Waals surface area contributed by atoms with E-state index in [2.05, 4.69) is 111 Å². The molecule has 32 heteroatoms. The lowest BCUT2D eigenvalue weighted by molar-refractivity contribution is -0.155. The van der Waals surface area contributed by atoms with Gasteiger partial charge in [0.25, 0.3) is 0 Å². The first-order valence-electron chi connectivity index (χ1n) is 50.3. The Morgan fingerprint density at radius 1 is 0.565 bits per heavy atom. The Kier molecular flexibility index (Phi) is 27.8. The summed E-state index contributed by atoms with van der Waals surface area (Å²) in [4.78, 5) is 127. The number of ether oxygens (including phenoxy) is 1. The number of likely N-dealkylation sites (tertiary alicyclic amines) is 5. The number of fused-ring (bicyclic) bond motifs is 6. The molecule has 11 aliphatic rings. The molecule has 19 rings (SSSR count). The van der Waals surface area contributed by atoms with Gasteiger partial charge in [-0.15, -0.1) is 33.2 Å². The van der Waals surface area contributed by atoms with E-state index in [1.807, 2.05) is 93.8 Å². The molecule has 7 amide bonds. The topological polar surface area (TPSA) is 358 Å². The number of anilines is 4. The summed E-state index contributed by atoms with van der Waals surface area (Å²) in [5, 5.41) is 67.7. The normalized spacial score (nSPS) is 25.0. The lowest BCUT2D eigenvalue weighted by Gasteiger charge is -2.56. The van der Waals surface area contributed by atoms with Crippen LogP contribution in [0.1, 0.15) is 184 Å². The number of hydrogen-bond donors (Lipinski definition) is 9. The van der Waals surface area contributed by atoms with E-state index >= 15 is 19.2 Å². The fourth-order valence-electron chi connectivity index (χ4n) is 24.3. The molecule has 9 fully saturated rings. The summed E-state index contributed by atoms with van der Waals surface area (Å²) in [5.41, 5.74) is 8.19. The second-order valence-corrected chi connectivity index (χ2v) is 42.2. The highest BCUT2D eigenvalue weighted by molar-refractivity contribution is 5.95. The zero-order valence-electron chi connectivity index (χ0n) is 80.5. The predicted molar refractivity (Wildman–Crippen MR) is 528 cm³/mol. The second-order valence-electron chi connectivity index (χ2n) is 42.2. The molecule has 4 aromatic heterocycles. The van der Waals surface area contributed by atoms with Crippen LogP contribution in [0.5, 0.6) is 11.5 Å². The van der Waals surface area contributed by atoms with Gasteiger partial charge >= 0.3 is 6.03 Å². The number of nitrogens with one attached hydrogen (secondary N) is 6. The number of carbonyl (C=O) groups is 6. The molecule has 0 radical (unpaired) electrons. The summed E-state index contributed by atoms with van der Waals surface area (Å²) in [6.07, 6.45) is 27.2. The highest BCUT2D eigenvalue weighted by atomic mass is 16.5. The number of piperidine rings is 3. The molecule has 9 aliphatic heterocycles. The van der Waals surface area contributed by atoms with Gasteiger partial charge in [0.15, 0.2) is 11.5 Å². The number of hydrogen-bond acceptors (Lipinski definition) is 24. The Balaban J connectivity index is 0.474. The van der Waals surface area contributed by atoms with Crippen molar-refractivity contribution in [3.63, 3.8) is 0 Å². The Labute approximate surface area is 808 Å². The first-order valence-corrected chi connectivity index (χ1v) is 50.3. The van der Waals surface area contributed by atoms with E-state index < -0.39 is 76.9 Å². The maximum Gasteiger partial charge on any atom is 0.318 e. The largest absolute Gasteiger partial charge is 0.507 e. The quantitative estimate of drug-likeness (QED) is 0.0285. The third kappa shape index (κ3) is 20.3. The summed E-state index contributed by atoms with van der Waals surface area (Å²) < 4.78 is 7.19. The minimum atomic E-state index is -1.57. The molecule has 32 nitrogen and oxygen atoms in total. The van der Waals surface area contributed by atoms with E-state index in [0.29, 0.717) is 95.3 Å². The van der Waals surface area contributed by atoms with Crippen LogP contribution in [-0.2, 0) is 48.2 Å². The van der Waals surface area contributed by atoms with Gasteiger partial charge in [-0.05, 0) is 219 Å². The Hall–Kier alpha value is -12.0. The van der Waals surface area contributed by atoms with E-state index in [1.165, 1.54) is 22.6 Å². The van der Waals surface area contributed by atoms with Crippen LogP contribution in [0.25, 0.3) is 33.5 Å². The minimum absolute atomic E-state index is 0.00687. The molecule has 7 saturated heterocycles. The molecule has 2 saturated carbocycles. The van der Waals surface area contributed by atoms with Gasteiger partial charge in [0.05, 0.1) is 65.0 Å². The first-order chi connectivity index (χ1) is 66.7. The van der Waals surface area contributed by atoms with Crippen LogP contribution in [0.2, 0.25) is 0 Å². The molecule has 9 N–H and O–H groups in total. The number of terminal acetylenes is 2. The standard InChI is InChI=1S/C106H134N22O10/c1-9-68-21-25-70(26-22-68)59-108-98(133)88-53-79(129)65-127(88)101(136)94(113-97(132)72-29-38-106(39-30-72)57-76(58-106)122-46-31-74(32-47-122)121-44-33-75(34-45-121)124-51-52-126-78(64-124)63-107-96-87(126)56-86(116-118-96)82-18-12-14-20-91(82)131)105(7,8)138-80-54-89(99(134)109-60-71-27-23-69(10-2)24-28-71)128(66-80)100(135)93(104(4,5)6)114-103(137)123-48-35-73(36-49-123)119-40-15-42-120(43-16-41-119)77-61-110-102(111-62-77)125-50-37-84-92(67(125)3)83-55-85(115-117-95(83)112-84)81-17-11-13-19-90(81)130/h1-2,11-14,17-28,55-56,61-62,67,72-76,78-80,88-89,93-94,129-131H,15-16,29-54,57-60,63-66H2,3-8H3,(H,107,118)(H,108,133)(H,109,134)(H,112,117)(H,113,132)(H,114,137)/t67?,72?,76?,78-,79+,80+,88-,89-,93+,94+,106?/m0/s1. The van der Waals surface area contributed by atoms with E-state index in [0.717, 1.165) is 201 Å². The molecule has 1 spiro atoms. The van der Waals surface area contributed by atoms with Gasteiger partial charge in [-0.25, -0.2) is 14.8 Å². The SMILES string of the molecule is C#Cc1ccc(CNC(=O)[C@@H]2C[C@@H](OC(C)(C)[C@H](NC(=O)C3CCC4(CC3)CC(N3CCC(N5CCC(N6CCN7c8cc(-c9ccccc9O)nnc8NC[C@H]7C6)CC5)CC3)C4)C(=O)N3C[C@H](O)C[C@H]3C(=O)NCc3ccc(C#C)cc3)CN2C(=O)[C@@H](NC(=O)N2CCC(N3CCCN(c4cnc(N5CCc6[nH]c7nnc(-c8ccccc8O)cc7c6C5C)nc4)CCC3)CC2)C(C)(C)C)cc1. The molecule has 13 heterocycles. The Morgan fingerprint density at radius 2 is 1.12 bits per heavy atom. The van der Waals surface area contributed by atoms with Crippen molar-refractivity contribution in [1.82, 2.24) is 90.9 Å². The smallest absolute Gasteiger partial charge is 0.318 e. The van der Waals surface area contributed by atoms with E-state index in [4.69, 9.17) is 27.6 Å². The van der Waals surface area contributed by atoms with E-state index in [-0.39, 0.29) is 80.0 Å². The van der Waals surface area contributed by atoms with Crippen LogP contribution < -0.4 is 41.3 Å². The number of aliphatic hydroxyl groups is 1. The maximum absolute atomic E-state index is 15.9. The van der Waals surface area contributed by atoms with Crippen molar-refractivity contribution >= 4 is 69.7 Å². The monoisotopic (exact) mass is 1880 g/mol. The zero-order chi connectivity index (χ0) is 95.8. The number of aromatic nitrogens is 7. The molecule has 8 aromatic rings. The van der Waals surface area contributed by atoms with Crippen molar-refractivity contribution in [1.29, 1.82) is 0 Å². The van der Waals surface area contributed by atoms with Gasteiger partial charge in [0, 0.05) is 186 Å². The average Bonchev–Trinajstić information content (AvgIpc) is 0.809. The highest BCUT2D eigenvalue weighted by Gasteiger charge is 2.54. The van der Waals surface area contributed by atoms with Crippen molar-refractivity contribution in [2.75, 3.05) is 131 Å². The first kappa shape index (κ1) is 94.9. The molecule has 138 heavy (non-hydrogen) atoms.